The van der Waals surface area contributed by atoms with Crippen LogP contribution in [0.25, 0.3) is 0 Å². The maximum atomic E-state index is 9.24. The summed E-state index contributed by atoms with van der Waals surface area (Å²) in [7, 11) is 0. The van der Waals surface area contributed by atoms with Gasteiger partial charge in [-0.3, -0.25) is 0 Å². The molecule has 0 spiro atoms. The van der Waals surface area contributed by atoms with Gasteiger partial charge in [0.2, 0.25) is 0 Å². The van der Waals surface area contributed by atoms with E-state index in [4.69, 9.17) is 0 Å². The Morgan fingerprint density at radius 1 is 1.00 bits per heavy atom. The Kier molecular flexibility index (Phi) is 3.75. The number of phenolic OH excluding ortho intramolecular Hbond substituents is 1. The summed E-state index contributed by atoms with van der Waals surface area (Å²) in [6.07, 6.45) is 3.01. The zero-order valence-electron chi connectivity index (χ0n) is 10.1. The molecule has 0 aliphatic carbocycles. The number of thioether (sulfide) groups is 1. The summed E-state index contributed by atoms with van der Waals surface area (Å²) >= 11 is 1.78. The van der Waals surface area contributed by atoms with Crippen molar-refractivity contribution in [1.82, 2.24) is 0 Å². The van der Waals surface area contributed by atoms with Crippen LogP contribution in [0.5, 0.6) is 5.75 Å². The minimum Gasteiger partial charge on any atom is -0.508 e. The van der Waals surface area contributed by atoms with Crippen molar-refractivity contribution in [3.63, 3.8) is 0 Å². The van der Waals surface area contributed by atoms with Crippen LogP contribution >= 0.6 is 11.8 Å². The monoisotopic (exact) mass is 244 g/mol. The molecule has 2 aromatic carbocycles. The van der Waals surface area contributed by atoms with Crippen molar-refractivity contribution in [3.05, 3.63) is 59.2 Å². The van der Waals surface area contributed by atoms with E-state index in [9.17, 15) is 5.11 Å². The maximum Gasteiger partial charge on any atom is 0.115 e. The van der Waals surface area contributed by atoms with E-state index in [0.29, 0.717) is 5.75 Å². The third kappa shape index (κ3) is 3.04. The Labute approximate surface area is 107 Å². The third-order valence-electron chi connectivity index (χ3n) is 2.82. The SMILES string of the molecule is CSc1cc(Cc2ccc(O)cc2)ccc1C. The van der Waals surface area contributed by atoms with E-state index in [2.05, 4.69) is 31.4 Å². The molecule has 0 radical (unpaired) electrons. The maximum absolute atomic E-state index is 9.24. The zero-order chi connectivity index (χ0) is 12.3. The molecule has 0 aliphatic heterocycles. The van der Waals surface area contributed by atoms with E-state index >= 15 is 0 Å². The molecule has 0 heterocycles. The molecule has 0 aromatic heterocycles. The van der Waals surface area contributed by atoms with E-state index in [0.717, 1.165) is 6.42 Å². The Balaban J connectivity index is 2.21. The molecule has 0 saturated carbocycles. The predicted octanol–water partition coefficient (Wildman–Crippen LogP) is 4.01. The fourth-order valence-corrected chi connectivity index (χ4v) is 2.48. The highest BCUT2D eigenvalue weighted by atomic mass is 32.2. The van der Waals surface area contributed by atoms with Crippen molar-refractivity contribution in [2.75, 3.05) is 6.26 Å². The lowest BCUT2D eigenvalue weighted by Crippen LogP contribution is -1.89. The first-order chi connectivity index (χ1) is 8.19. The second-order valence-corrected chi connectivity index (χ2v) is 5.00. The summed E-state index contributed by atoms with van der Waals surface area (Å²) in [4.78, 5) is 1.33. The largest absolute Gasteiger partial charge is 0.508 e. The van der Waals surface area contributed by atoms with Crippen LogP contribution in [0.15, 0.2) is 47.4 Å². The minimum absolute atomic E-state index is 0.322. The molecule has 17 heavy (non-hydrogen) atoms. The Morgan fingerprint density at radius 2 is 1.65 bits per heavy atom. The van der Waals surface area contributed by atoms with E-state index < -0.39 is 0 Å². The summed E-state index contributed by atoms with van der Waals surface area (Å²) in [5.41, 5.74) is 3.86. The van der Waals surface area contributed by atoms with Gasteiger partial charge in [-0.1, -0.05) is 24.3 Å². The van der Waals surface area contributed by atoms with E-state index in [1.54, 1.807) is 23.9 Å². The van der Waals surface area contributed by atoms with Gasteiger partial charge in [-0.2, -0.15) is 0 Å². The standard InChI is InChI=1S/C15H16OS/c1-11-3-4-13(10-15(11)17-2)9-12-5-7-14(16)8-6-12/h3-8,10,16H,9H2,1-2H3. The summed E-state index contributed by atoms with van der Waals surface area (Å²) in [5.74, 6) is 0.322. The second-order valence-electron chi connectivity index (χ2n) is 4.15. The molecule has 88 valence electrons. The van der Waals surface area contributed by atoms with Gasteiger partial charge in [0.25, 0.3) is 0 Å². The van der Waals surface area contributed by atoms with Crippen LogP contribution in [0.4, 0.5) is 0 Å². The van der Waals surface area contributed by atoms with Crippen molar-refractivity contribution in [1.29, 1.82) is 0 Å². The molecule has 2 rings (SSSR count). The van der Waals surface area contributed by atoms with Gasteiger partial charge in [-0.05, 0) is 54.5 Å². The van der Waals surface area contributed by atoms with Crippen LogP contribution in [0.3, 0.4) is 0 Å². The highest BCUT2D eigenvalue weighted by Gasteiger charge is 2.01. The normalized spacial score (nSPS) is 10.5. The van der Waals surface area contributed by atoms with Crippen LogP contribution in [0.1, 0.15) is 16.7 Å². The second kappa shape index (κ2) is 5.28. The van der Waals surface area contributed by atoms with Crippen molar-refractivity contribution >= 4 is 11.8 Å². The van der Waals surface area contributed by atoms with Crippen LogP contribution < -0.4 is 0 Å². The van der Waals surface area contributed by atoms with Gasteiger partial charge in [0.1, 0.15) is 5.75 Å². The number of benzene rings is 2. The molecule has 0 unspecified atom stereocenters. The van der Waals surface area contributed by atoms with Crippen molar-refractivity contribution in [3.8, 4) is 5.75 Å². The van der Waals surface area contributed by atoms with Crippen molar-refractivity contribution in [2.24, 2.45) is 0 Å². The number of aryl methyl sites for hydroxylation is 1. The molecular formula is C15H16OS. The van der Waals surface area contributed by atoms with Crippen LogP contribution in [0.2, 0.25) is 0 Å². The molecule has 2 heteroatoms. The van der Waals surface area contributed by atoms with E-state index in [-0.39, 0.29) is 0 Å². The molecule has 0 fully saturated rings. The first-order valence-corrected chi connectivity index (χ1v) is 6.83. The minimum atomic E-state index is 0.322. The summed E-state index contributed by atoms with van der Waals surface area (Å²) in [6.45, 7) is 2.14. The molecule has 0 atom stereocenters. The van der Waals surface area contributed by atoms with Crippen molar-refractivity contribution in [2.45, 2.75) is 18.2 Å². The molecule has 1 nitrogen and oxygen atoms in total. The average Bonchev–Trinajstić information content (AvgIpc) is 2.34. The first kappa shape index (κ1) is 12.1. The van der Waals surface area contributed by atoms with Crippen molar-refractivity contribution < 1.29 is 5.11 Å². The van der Waals surface area contributed by atoms with Gasteiger partial charge in [-0.25, -0.2) is 0 Å². The van der Waals surface area contributed by atoms with E-state index in [1.807, 2.05) is 12.1 Å². The molecule has 0 amide bonds. The average molecular weight is 244 g/mol. The Bertz CT molecular complexity index is 503. The quantitative estimate of drug-likeness (QED) is 0.823. The molecular weight excluding hydrogens is 228 g/mol. The fraction of sp³-hybridized carbons (Fsp3) is 0.200. The third-order valence-corrected chi connectivity index (χ3v) is 3.70. The lowest BCUT2D eigenvalue weighted by atomic mass is 10.0. The van der Waals surface area contributed by atoms with Crippen LogP contribution in [-0.2, 0) is 6.42 Å². The number of aromatic hydroxyl groups is 1. The smallest absolute Gasteiger partial charge is 0.115 e. The Hall–Kier alpha value is -1.41. The van der Waals surface area contributed by atoms with Gasteiger partial charge in [0.05, 0.1) is 0 Å². The summed E-state index contributed by atoms with van der Waals surface area (Å²) in [5, 5.41) is 9.24. The molecule has 0 aliphatic rings. The van der Waals surface area contributed by atoms with Crippen LogP contribution in [0, 0.1) is 6.92 Å². The lowest BCUT2D eigenvalue weighted by molar-refractivity contribution is 0.475. The van der Waals surface area contributed by atoms with Gasteiger partial charge < -0.3 is 5.11 Å². The van der Waals surface area contributed by atoms with Crippen LogP contribution in [-0.4, -0.2) is 11.4 Å². The zero-order valence-corrected chi connectivity index (χ0v) is 10.9. The molecule has 2 aromatic rings. The summed E-state index contributed by atoms with van der Waals surface area (Å²) in [6, 6.07) is 14.0. The number of phenols is 1. The van der Waals surface area contributed by atoms with Gasteiger partial charge in [0.15, 0.2) is 0 Å². The highest BCUT2D eigenvalue weighted by molar-refractivity contribution is 7.98. The topological polar surface area (TPSA) is 20.2 Å². The first-order valence-electron chi connectivity index (χ1n) is 5.60. The van der Waals surface area contributed by atoms with E-state index in [1.165, 1.54) is 21.6 Å². The van der Waals surface area contributed by atoms with Gasteiger partial charge >= 0.3 is 0 Å². The van der Waals surface area contributed by atoms with Gasteiger partial charge in [-0.15, -0.1) is 11.8 Å². The predicted molar refractivity (Wildman–Crippen MR) is 73.9 cm³/mol. The number of rotatable bonds is 3. The lowest BCUT2D eigenvalue weighted by Gasteiger charge is -2.07. The fourth-order valence-electron chi connectivity index (χ4n) is 1.82. The molecule has 0 bridgehead atoms. The number of hydrogen-bond acceptors (Lipinski definition) is 2. The summed E-state index contributed by atoms with van der Waals surface area (Å²) < 4.78 is 0. The number of hydrogen-bond donors (Lipinski definition) is 1. The molecule has 1 N–H and O–H groups in total. The Morgan fingerprint density at radius 3 is 2.29 bits per heavy atom. The molecule has 0 saturated heterocycles. The highest BCUT2D eigenvalue weighted by Crippen LogP contribution is 2.23. The van der Waals surface area contributed by atoms with Gasteiger partial charge in [0, 0.05) is 4.90 Å².